The second-order valence-electron chi connectivity index (χ2n) is 9.04. The van der Waals surface area contributed by atoms with Crippen LogP contribution in [-0.4, -0.2) is 65.6 Å². The molecule has 174 valence electrons. The molecule has 0 radical (unpaired) electrons. The number of fused-ring (bicyclic) bond motifs is 1. The van der Waals surface area contributed by atoms with Gasteiger partial charge in [0.15, 0.2) is 12.1 Å². The summed E-state index contributed by atoms with van der Waals surface area (Å²) >= 11 is 0. The van der Waals surface area contributed by atoms with Crippen molar-refractivity contribution in [3.8, 4) is 0 Å². The number of ether oxygens (including phenoxy) is 4. The van der Waals surface area contributed by atoms with Gasteiger partial charge in [-0.25, -0.2) is 0 Å². The van der Waals surface area contributed by atoms with Gasteiger partial charge < -0.3 is 34.0 Å². The normalized spacial score (nSPS) is 30.5. The summed E-state index contributed by atoms with van der Waals surface area (Å²) in [5.74, 6) is -0.516. The maximum absolute atomic E-state index is 10.4. The maximum atomic E-state index is 10.4. The standard InChI is InChI=1S/C23H35NO7/c1-14(2)19(27-12-16-9-7-6-8-10-16)15(3)11-24-28-13-17(25)20-18(26)21-22(29-20)31-23(4,5)30-21/h6-11,14-15,17-22,25-26H,12-13H2,1-5H3/b24-11+/t15-,17-,18+,19-,20-,21-,22-/m1/s1. The van der Waals surface area contributed by atoms with Gasteiger partial charge in [0.05, 0.1) is 12.7 Å². The minimum atomic E-state index is -1.07. The lowest BCUT2D eigenvalue weighted by molar-refractivity contribution is -0.228. The summed E-state index contributed by atoms with van der Waals surface area (Å²) in [7, 11) is 0. The predicted octanol–water partition coefficient (Wildman–Crippen LogP) is 2.46. The van der Waals surface area contributed by atoms with Crippen LogP contribution in [0.2, 0.25) is 0 Å². The van der Waals surface area contributed by atoms with Crippen LogP contribution in [0, 0.1) is 11.8 Å². The lowest BCUT2D eigenvalue weighted by atomic mass is 9.95. The van der Waals surface area contributed by atoms with Gasteiger partial charge in [0.2, 0.25) is 0 Å². The van der Waals surface area contributed by atoms with Crippen molar-refractivity contribution < 1.29 is 34.0 Å². The third-order valence-corrected chi connectivity index (χ3v) is 5.51. The third-order valence-electron chi connectivity index (χ3n) is 5.51. The topological polar surface area (TPSA) is 99.0 Å². The summed E-state index contributed by atoms with van der Waals surface area (Å²) in [5, 5.41) is 24.7. The van der Waals surface area contributed by atoms with Gasteiger partial charge in [-0.15, -0.1) is 0 Å². The molecule has 0 aromatic heterocycles. The van der Waals surface area contributed by atoms with Gasteiger partial charge in [0.1, 0.15) is 31.0 Å². The van der Waals surface area contributed by atoms with Crippen molar-refractivity contribution in [2.45, 2.75) is 83.8 Å². The zero-order valence-corrected chi connectivity index (χ0v) is 18.9. The molecular formula is C23H35NO7. The fourth-order valence-corrected chi connectivity index (χ4v) is 3.99. The van der Waals surface area contributed by atoms with Gasteiger partial charge >= 0.3 is 0 Å². The highest BCUT2D eigenvalue weighted by Crippen LogP contribution is 2.38. The molecule has 0 unspecified atom stereocenters. The van der Waals surface area contributed by atoms with E-state index in [1.807, 2.05) is 37.3 Å². The SMILES string of the molecule is CC(C)[C@@H](OCc1ccccc1)[C@H](C)/C=N/OC[C@@H](O)[C@H]1O[C@@H]2OC(C)(C)O[C@@H]2[C@H]1O. The van der Waals surface area contributed by atoms with E-state index in [1.54, 1.807) is 20.1 Å². The molecule has 0 bridgehead atoms. The first-order valence-corrected chi connectivity index (χ1v) is 10.9. The van der Waals surface area contributed by atoms with E-state index < -0.39 is 36.5 Å². The van der Waals surface area contributed by atoms with E-state index in [4.69, 9.17) is 23.8 Å². The van der Waals surface area contributed by atoms with E-state index in [-0.39, 0.29) is 18.6 Å². The number of hydrogen-bond donors (Lipinski definition) is 2. The molecular weight excluding hydrogens is 402 g/mol. The molecule has 1 aromatic rings. The molecule has 3 rings (SSSR count). The van der Waals surface area contributed by atoms with Crippen LogP contribution in [0.3, 0.4) is 0 Å². The fourth-order valence-electron chi connectivity index (χ4n) is 3.99. The summed E-state index contributed by atoms with van der Waals surface area (Å²) in [6, 6.07) is 10.0. The molecule has 2 aliphatic rings. The second-order valence-corrected chi connectivity index (χ2v) is 9.04. The molecule has 2 heterocycles. The first-order valence-electron chi connectivity index (χ1n) is 10.9. The molecule has 8 nitrogen and oxygen atoms in total. The van der Waals surface area contributed by atoms with Gasteiger partial charge in [-0.3, -0.25) is 0 Å². The molecule has 1 aromatic carbocycles. The van der Waals surface area contributed by atoms with E-state index >= 15 is 0 Å². The molecule has 2 saturated heterocycles. The number of aliphatic hydroxyl groups excluding tert-OH is 2. The smallest absolute Gasteiger partial charge is 0.190 e. The Bertz CT molecular complexity index is 711. The Kier molecular flexibility index (Phi) is 8.07. The Morgan fingerprint density at radius 2 is 1.87 bits per heavy atom. The average molecular weight is 438 g/mol. The first kappa shape index (κ1) is 24.1. The Morgan fingerprint density at radius 1 is 1.16 bits per heavy atom. The molecule has 8 heteroatoms. The Morgan fingerprint density at radius 3 is 2.52 bits per heavy atom. The molecule has 31 heavy (non-hydrogen) atoms. The molecule has 0 aliphatic carbocycles. The molecule has 2 N–H and O–H groups in total. The minimum Gasteiger partial charge on any atom is -0.393 e. The summed E-state index contributed by atoms with van der Waals surface area (Å²) in [6.45, 7) is 10.1. The van der Waals surface area contributed by atoms with Crippen molar-refractivity contribution in [3.05, 3.63) is 35.9 Å². The Balaban J connectivity index is 1.44. The maximum Gasteiger partial charge on any atom is 0.190 e. The highest BCUT2D eigenvalue weighted by molar-refractivity contribution is 5.60. The zero-order chi connectivity index (χ0) is 22.6. The van der Waals surface area contributed by atoms with Crippen LogP contribution in [0.4, 0.5) is 0 Å². The molecule has 0 amide bonds. The van der Waals surface area contributed by atoms with E-state index in [9.17, 15) is 10.2 Å². The molecule has 2 aliphatic heterocycles. The van der Waals surface area contributed by atoms with Crippen LogP contribution < -0.4 is 0 Å². The second kappa shape index (κ2) is 10.4. The van der Waals surface area contributed by atoms with Gasteiger partial charge in [-0.2, -0.15) is 0 Å². The number of nitrogens with zero attached hydrogens (tertiary/aromatic N) is 1. The number of benzene rings is 1. The highest BCUT2D eigenvalue weighted by atomic mass is 16.8. The summed E-state index contributed by atoms with van der Waals surface area (Å²) in [5.41, 5.74) is 1.12. The van der Waals surface area contributed by atoms with Crippen LogP contribution in [0.5, 0.6) is 0 Å². The summed E-state index contributed by atoms with van der Waals surface area (Å²) < 4.78 is 22.9. The monoisotopic (exact) mass is 437 g/mol. The van der Waals surface area contributed by atoms with Gasteiger partial charge in [0.25, 0.3) is 0 Å². The van der Waals surface area contributed by atoms with E-state index in [2.05, 4.69) is 19.0 Å². The highest BCUT2D eigenvalue weighted by Gasteiger charge is 2.56. The zero-order valence-electron chi connectivity index (χ0n) is 18.9. The fraction of sp³-hybridized carbons (Fsp3) is 0.696. The predicted molar refractivity (Wildman–Crippen MR) is 114 cm³/mol. The number of rotatable bonds is 10. The number of oxime groups is 1. The quantitative estimate of drug-likeness (QED) is 0.428. The number of hydrogen-bond acceptors (Lipinski definition) is 8. The molecule has 2 fully saturated rings. The van der Waals surface area contributed by atoms with Crippen LogP contribution in [0.25, 0.3) is 0 Å². The van der Waals surface area contributed by atoms with Crippen molar-refractivity contribution in [2.75, 3.05) is 6.61 Å². The largest absolute Gasteiger partial charge is 0.393 e. The third kappa shape index (κ3) is 6.25. The minimum absolute atomic E-state index is 0.0116. The van der Waals surface area contributed by atoms with E-state index in [0.29, 0.717) is 12.5 Å². The lowest BCUT2D eigenvalue weighted by Gasteiger charge is -2.26. The van der Waals surface area contributed by atoms with Crippen molar-refractivity contribution in [1.29, 1.82) is 0 Å². The van der Waals surface area contributed by atoms with Gasteiger partial charge in [-0.05, 0) is 25.3 Å². The van der Waals surface area contributed by atoms with Crippen LogP contribution in [-0.2, 0) is 30.4 Å². The van der Waals surface area contributed by atoms with Gasteiger partial charge in [0, 0.05) is 12.1 Å². The van der Waals surface area contributed by atoms with Crippen molar-refractivity contribution in [2.24, 2.45) is 17.0 Å². The lowest BCUT2D eigenvalue weighted by Crippen LogP contribution is -2.42. The van der Waals surface area contributed by atoms with Crippen LogP contribution in [0.1, 0.15) is 40.2 Å². The average Bonchev–Trinajstić information content (AvgIpc) is 3.18. The summed E-state index contributed by atoms with van der Waals surface area (Å²) in [6.07, 6.45) is -2.64. The van der Waals surface area contributed by atoms with Crippen molar-refractivity contribution >= 4 is 6.21 Å². The molecule has 0 spiro atoms. The van der Waals surface area contributed by atoms with Crippen LogP contribution >= 0.6 is 0 Å². The van der Waals surface area contributed by atoms with E-state index in [0.717, 1.165) is 5.56 Å². The van der Waals surface area contributed by atoms with Crippen LogP contribution in [0.15, 0.2) is 35.5 Å². The van der Waals surface area contributed by atoms with Gasteiger partial charge in [-0.1, -0.05) is 56.3 Å². The first-order chi connectivity index (χ1) is 14.7. The molecule has 0 saturated carbocycles. The Hall–Kier alpha value is -1.55. The van der Waals surface area contributed by atoms with E-state index in [1.165, 1.54) is 0 Å². The van der Waals surface area contributed by atoms with Crippen molar-refractivity contribution in [1.82, 2.24) is 0 Å². The number of aliphatic hydroxyl groups is 2. The summed E-state index contributed by atoms with van der Waals surface area (Å²) in [4.78, 5) is 5.27. The Labute approximate surface area is 184 Å². The van der Waals surface area contributed by atoms with Crippen molar-refractivity contribution in [3.63, 3.8) is 0 Å². The molecule has 7 atom stereocenters.